The molecule has 0 aliphatic carbocycles. The second kappa shape index (κ2) is 10.2. The van der Waals surface area contributed by atoms with Gasteiger partial charge in [-0.05, 0) is 29.8 Å². The molecule has 4 rings (SSSR count). The molecule has 1 aliphatic heterocycles. The van der Waals surface area contributed by atoms with Crippen molar-refractivity contribution in [2.75, 3.05) is 35.0 Å². The van der Waals surface area contributed by atoms with Gasteiger partial charge in [-0.25, -0.2) is 4.99 Å². The summed E-state index contributed by atoms with van der Waals surface area (Å²) in [6.45, 7) is -0.0155. The van der Waals surface area contributed by atoms with Crippen LogP contribution >= 0.6 is 15.9 Å². The lowest BCUT2D eigenvalue weighted by atomic mass is 9.92. The number of ether oxygens (including phenoxy) is 4. The van der Waals surface area contributed by atoms with E-state index in [-0.39, 0.29) is 18.6 Å². The minimum Gasteiger partial charge on any atom is -0.496 e. The van der Waals surface area contributed by atoms with Gasteiger partial charge in [-0.2, -0.15) is 0 Å². The van der Waals surface area contributed by atoms with Crippen LogP contribution in [0.1, 0.15) is 22.7 Å². The lowest BCUT2D eigenvalue weighted by molar-refractivity contribution is -0.141. The predicted octanol–water partition coefficient (Wildman–Crippen LogP) is 5.13. The zero-order chi connectivity index (χ0) is 24.2. The van der Waals surface area contributed by atoms with E-state index in [1.54, 1.807) is 27.4 Å². The number of methoxy groups -OCH3 is 4. The molecule has 0 bridgehead atoms. The van der Waals surface area contributed by atoms with Crippen molar-refractivity contribution in [1.29, 1.82) is 0 Å². The molecule has 0 spiro atoms. The Balaban J connectivity index is 2.00. The van der Waals surface area contributed by atoms with Crippen LogP contribution in [0.3, 0.4) is 0 Å². The number of hydrogen-bond acceptors (Lipinski definition) is 7. The van der Waals surface area contributed by atoms with Gasteiger partial charge in [0.15, 0.2) is 11.5 Å². The number of carbonyl (C=O) groups excluding carboxylic acids is 1. The van der Waals surface area contributed by atoms with Crippen LogP contribution in [0.25, 0.3) is 0 Å². The van der Waals surface area contributed by atoms with E-state index in [1.165, 1.54) is 7.11 Å². The van der Waals surface area contributed by atoms with Gasteiger partial charge in [0.2, 0.25) is 0 Å². The Labute approximate surface area is 207 Å². The van der Waals surface area contributed by atoms with Crippen molar-refractivity contribution < 1.29 is 23.7 Å². The van der Waals surface area contributed by atoms with Crippen molar-refractivity contribution in [3.63, 3.8) is 0 Å². The number of halogens is 1. The van der Waals surface area contributed by atoms with Gasteiger partial charge in [-0.1, -0.05) is 46.3 Å². The molecular weight excluding hydrogens is 500 g/mol. The third kappa shape index (κ3) is 4.46. The normalized spacial score (nSPS) is 14.7. The number of esters is 1. The summed E-state index contributed by atoms with van der Waals surface area (Å²) in [6.07, 6.45) is 0. The fourth-order valence-electron chi connectivity index (χ4n) is 4.10. The van der Waals surface area contributed by atoms with Crippen LogP contribution in [0.2, 0.25) is 0 Å². The number of aliphatic imine (C=N–C) groups is 1. The molecule has 0 unspecified atom stereocenters. The van der Waals surface area contributed by atoms with Crippen LogP contribution in [0.4, 0.5) is 5.69 Å². The quantitative estimate of drug-likeness (QED) is 0.399. The first-order valence-corrected chi connectivity index (χ1v) is 11.4. The van der Waals surface area contributed by atoms with Crippen molar-refractivity contribution in [2.45, 2.75) is 6.04 Å². The van der Waals surface area contributed by atoms with Gasteiger partial charge in [-0.15, -0.1) is 0 Å². The van der Waals surface area contributed by atoms with Crippen LogP contribution < -0.4 is 14.2 Å². The molecule has 3 aromatic carbocycles. The first kappa shape index (κ1) is 23.6. The highest BCUT2D eigenvalue weighted by molar-refractivity contribution is 9.10. The van der Waals surface area contributed by atoms with Gasteiger partial charge in [-0.3, -0.25) is 4.79 Å². The number of nitrogens with zero attached hydrogens (tertiary/aromatic N) is 2. The number of benzene rings is 3. The van der Waals surface area contributed by atoms with E-state index < -0.39 is 0 Å². The molecule has 34 heavy (non-hydrogen) atoms. The molecule has 0 saturated heterocycles. The number of fused-ring (bicyclic) bond motifs is 1. The summed E-state index contributed by atoms with van der Waals surface area (Å²) in [4.78, 5) is 19.5. The van der Waals surface area contributed by atoms with Crippen LogP contribution in [0, 0.1) is 0 Å². The van der Waals surface area contributed by atoms with Crippen molar-refractivity contribution in [3.8, 4) is 17.2 Å². The Morgan fingerprint density at radius 2 is 1.59 bits per heavy atom. The zero-order valence-electron chi connectivity index (χ0n) is 19.4. The molecule has 0 fully saturated rings. The average molecular weight is 525 g/mol. The van der Waals surface area contributed by atoms with Crippen molar-refractivity contribution in [3.05, 3.63) is 81.8 Å². The van der Waals surface area contributed by atoms with E-state index in [1.807, 2.05) is 59.5 Å². The SMILES string of the molecule is COC(=O)CN1C(c2cc(OC)c(OC)cc2OC)=Nc2ccc(Br)cc2[C@H]1c1ccccc1. The number of amidine groups is 1. The van der Waals surface area contributed by atoms with Crippen molar-refractivity contribution in [1.82, 2.24) is 4.90 Å². The molecule has 1 heterocycles. The Morgan fingerprint density at radius 3 is 2.24 bits per heavy atom. The van der Waals surface area contributed by atoms with Crippen molar-refractivity contribution >= 4 is 33.4 Å². The molecule has 1 aliphatic rings. The summed E-state index contributed by atoms with van der Waals surface area (Å²) in [5, 5.41) is 0. The van der Waals surface area contributed by atoms with Gasteiger partial charge >= 0.3 is 5.97 Å². The minimum atomic E-state index is -0.383. The maximum atomic E-state index is 12.6. The van der Waals surface area contributed by atoms with E-state index in [4.69, 9.17) is 23.9 Å². The Hall–Kier alpha value is -3.52. The summed E-state index contributed by atoms with van der Waals surface area (Å²) < 4.78 is 22.7. The van der Waals surface area contributed by atoms with E-state index in [2.05, 4.69) is 15.9 Å². The monoisotopic (exact) mass is 524 g/mol. The standard InChI is InChI=1S/C26H25BrN2O5/c1-31-21-14-23(33-3)22(32-2)13-19(21)26-28-20-11-10-17(27)12-18(20)25(16-8-6-5-7-9-16)29(26)15-24(30)34-4/h5-14,25H,15H2,1-4H3/t25-/m1/s1. The minimum absolute atomic E-state index is 0.0155. The van der Waals surface area contributed by atoms with Crippen molar-refractivity contribution in [2.24, 2.45) is 4.99 Å². The van der Waals surface area contributed by atoms with E-state index >= 15 is 0 Å². The lowest BCUT2D eigenvalue weighted by Crippen LogP contribution is -2.42. The highest BCUT2D eigenvalue weighted by Gasteiger charge is 2.35. The molecule has 0 saturated carbocycles. The second-order valence-electron chi connectivity index (χ2n) is 7.56. The fourth-order valence-corrected chi connectivity index (χ4v) is 4.48. The Kier molecular flexibility index (Phi) is 7.07. The summed E-state index contributed by atoms with van der Waals surface area (Å²) in [6, 6.07) is 19.2. The van der Waals surface area contributed by atoms with Gasteiger partial charge in [0.1, 0.15) is 18.1 Å². The van der Waals surface area contributed by atoms with Crippen LogP contribution in [-0.2, 0) is 9.53 Å². The van der Waals surface area contributed by atoms with E-state index in [9.17, 15) is 4.79 Å². The van der Waals surface area contributed by atoms with Gasteiger partial charge < -0.3 is 23.8 Å². The van der Waals surface area contributed by atoms with Crippen LogP contribution in [0.5, 0.6) is 17.2 Å². The molecule has 3 aromatic rings. The number of rotatable bonds is 7. The smallest absolute Gasteiger partial charge is 0.325 e. The van der Waals surface area contributed by atoms with Crippen LogP contribution in [0.15, 0.2) is 70.1 Å². The summed E-state index contributed by atoms with van der Waals surface area (Å²) in [5.74, 6) is 1.77. The fraction of sp³-hybridized carbons (Fsp3) is 0.231. The average Bonchev–Trinajstić information content (AvgIpc) is 2.87. The molecule has 7 nitrogen and oxygen atoms in total. The van der Waals surface area contributed by atoms with Crippen LogP contribution in [-0.4, -0.2) is 51.7 Å². The molecule has 8 heteroatoms. The van der Waals surface area contributed by atoms with Gasteiger partial charge in [0, 0.05) is 16.1 Å². The Morgan fingerprint density at radius 1 is 0.912 bits per heavy atom. The second-order valence-corrected chi connectivity index (χ2v) is 8.48. The molecule has 1 atom stereocenters. The highest BCUT2D eigenvalue weighted by Crippen LogP contribution is 2.44. The molecule has 0 amide bonds. The first-order chi connectivity index (χ1) is 16.5. The molecule has 0 N–H and O–H groups in total. The maximum Gasteiger partial charge on any atom is 0.325 e. The molecule has 176 valence electrons. The number of hydrogen-bond donors (Lipinski definition) is 0. The van der Waals surface area contributed by atoms with Gasteiger partial charge in [0.25, 0.3) is 0 Å². The Bertz CT molecular complexity index is 1230. The summed E-state index contributed by atoms with van der Waals surface area (Å²) >= 11 is 3.58. The maximum absolute atomic E-state index is 12.6. The van der Waals surface area contributed by atoms with E-state index in [0.29, 0.717) is 28.6 Å². The zero-order valence-corrected chi connectivity index (χ0v) is 21.0. The van der Waals surface area contributed by atoms with E-state index in [0.717, 1.165) is 21.3 Å². The lowest BCUT2D eigenvalue weighted by Gasteiger charge is -2.38. The third-order valence-electron chi connectivity index (χ3n) is 5.68. The molecule has 0 aromatic heterocycles. The predicted molar refractivity (Wildman–Crippen MR) is 133 cm³/mol. The highest BCUT2D eigenvalue weighted by atomic mass is 79.9. The first-order valence-electron chi connectivity index (χ1n) is 10.6. The molecule has 0 radical (unpaired) electrons. The molecular formula is C26H25BrN2O5. The van der Waals surface area contributed by atoms with Gasteiger partial charge in [0.05, 0.1) is 45.7 Å². The number of carbonyl (C=O) groups is 1. The summed E-state index contributed by atoms with van der Waals surface area (Å²) in [7, 11) is 6.10. The largest absolute Gasteiger partial charge is 0.496 e. The summed E-state index contributed by atoms with van der Waals surface area (Å²) in [5.41, 5.74) is 3.44. The topological polar surface area (TPSA) is 69.6 Å². The third-order valence-corrected chi connectivity index (χ3v) is 6.18.